The summed E-state index contributed by atoms with van der Waals surface area (Å²) in [6, 6.07) is 74.4. The molecule has 10 aromatic rings. The van der Waals surface area contributed by atoms with Crippen LogP contribution in [-0.4, -0.2) is 29.9 Å². The number of aromatic nitrogens is 6. The van der Waals surface area contributed by atoms with Crippen molar-refractivity contribution in [3.8, 4) is 102 Å². The average Bonchev–Trinajstić information content (AvgIpc) is 3.35. The lowest BCUT2D eigenvalue weighted by atomic mass is 9.87. The van der Waals surface area contributed by atoms with Crippen molar-refractivity contribution in [2.75, 3.05) is 0 Å². The molecule has 0 bridgehead atoms. The summed E-state index contributed by atoms with van der Waals surface area (Å²) < 4.78 is 0. The van der Waals surface area contributed by atoms with Gasteiger partial charge in [-0.15, -0.1) is 0 Å². The molecule has 0 aliphatic heterocycles. The van der Waals surface area contributed by atoms with Gasteiger partial charge in [-0.1, -0.05) is 218 Å². The lowest BCUT2D eigenvalue weighted by Crippen LogP contribution is -2.00. The third-order valence-corrected chi connectivity index (χ3v) is 10.4. The van der Waals surface area contributed by atoms with Crippen molar-refractivity contribution in [1.82, 2.24) is 29.9 Å². The van der Waals surface area contributed by atoms with Crippen LogP contribution < -0.4 is 0 Å². The molecule has 8 aromatic carbocycles. The van der Waals surface area contributed by atoms with Crippen LogP contribution in [0.5, 0.6) is 0 Å². The Bertz CT molecular complexity index is 2920. The minimum absolute atomic E-state index is 0.616. The van der Waals surface area contributed by atoms with Crippen LogP contribution in [0.3, 0.4) is 0 Å². The van der Waals surface area contributed by atoms with Crippen molar-refractivity contribution >= 4 is 0 Å². The molecule has 282 valence electrons. The van der Waals surface area contributed by atoms with Gasteiger partial charge in [-0.2, -0.15) is 0 Å². The Kier molecular flexibility index (Phi) is 9.84. The summed E-state index contributed by atoms with van der Waals surface area (Å²) in [6.07, 6.45) is 0. The molecule has 0 radical (unpaired) electrons. The molecule has 0 amide bonds. The SMILES string of the molecule is c1ccc(-c2nc(-c3ccccc3)nc(-c3ccc(-c4cccc(-c5ccccc5)c4-c4ccc(-c5nc(-c6ccccc6)nc(-c6ccccc6)n5)cc4)cc3)n2)cc1. The van der Waals surface area contributed by atoms with Gasteiger partial charge in [-0.05, 0) is 33.4 Å². The monoisotopic (exact) mass is 768 g/mol. The molecule has 0 aliphatic rings. The van der Waals surface area contributed by atoms with Crippen molar-refractivity contribution in [2.24, 2.45) is 0 Å². The summed E-state index contributed by atoms with van der Waals surface area (Å²) in [5.74, 6) is 3.77. The van der Waals surface area contributed by atoms with Crippen molar-refractivity contribution in [3.05, 3.63) is 218 Å². The van der Waals surface area contributed by atoms with Crippen LogP contribution in [0.2, 0.25) is 0 Å². The average molecular weight is 769 g/mol. The van der Waals surface area contributed by atoms with Gasteiger partial charge in [0.25, 0.3) is 0 Å². The first kappa shape index (κ1) is 36.1. The maximum atomic E-state index is 4.97. The highest BCUT2D eigenvalue weighted by atomic mass is 15.0. The largest absolute Gasteiger partial charge is 0.208 e. The third-order valence-electron chi connectivity index (χ3n) is 10.4. The number of benzene rings is 8. The van der Waals surface area contributed by atoms with E-state index in [2.05, 4.69) is 97.1 Å². The topological polar surface area (TPSA) is 77.3 Å². The van der Waals surface area contributed by atoms with Crippen LogP contribution in [0.25, 0.3) is 102 Å². The number of hydrogen-bond acceptors (Lipinski definition) is 6. The molecule has 2 heterocycles. The standard InChI is InChI=1S/C54H36N6/c1-6-17-37(18-7-1)46-27-16-28-47(38-29-33-44(34-30-38)53-57-49(40-19-8-2-9-20-40)55-50(58-53)41-21-10-3-11-22-41)48(46)39-31-35-45(36-32-39)54-59-51(42-23-12-4-13-24-42)56-52(60-54)43-25-14-5-15-26-43/h1-36H. The predicted molar refractivity (Wildman–Crippen MR) is 242 cm³/mol. The second-order valence-corrected chi connectivity index (χ2v) is 14.3. The van der Waals surface area contributed by atoms with E-state index in [4.69, 9.17) is 29.9 Å². The highest BCUT2D eigenvalue weighted by Crippen LogP contribution is 2.41. The molecule has 0 fully saturated rings. The summed E-state index contributed by atoms with van der Waals surface area (Å²) in [5, 5.41) is 0. The lowest BCUT2D eigenvalue weighted by Gasteiger charge is -2.17. The molecule has 0 saturated carbocycles. The van der Waals surface area contributed by atoms with E-state index in [1.807, 2.05) is 121 Å². The van der Waals surface area contributed by atoms with Gasteiger partial charge >= 0.3 is 0 Å². The first-order chi connectivity index (χ1) is 29.7. The summed E-state index contributed by atoms with van der Waals surface area (Å²) in [5.41, 5.74) is 12.2. The summed E-state index contributed by atoms with van der Waals surface area (Å²) in [6.45, 7) is 0. The van der Waals surface area contributed by atoms with Crippen LogP contribution in [0.4, 0.5) is 0 Å². The molecule has 0 unspecified atom stereocenters. The fourth-order valence-electron chi connectivity index (χ4n) is 7.42. The normalized spacial score (nSPS) is 11.0. The molecular formula is C54H36N6. The molecule has 0 atom stereocenters. The summed E-state index contributed by atoms with van der Waals surface area (Å²) >= 11 is 0. The minimum Gasteiger partial charge on any atom is -0.208 e. The van der Waals surface area contributed by atoms with E-state index in [9.17, 15) is 0 Å². The van der Waals surface area contributed by atoms with E-state index in [1.54, 1.807) is 0 Å². The second kappa shape index (κ2) is 16.3. The minimum atomic E-state index is 0.616. The first-order valence-electron chi connectivity index (χ1n) is 19.9. The van der Waals surface area contributed by atoms with E-state index >= 15 is 0 Å². The quantitative estimate of drug-likeness (QED) is 0.145. The van der Waals surface area contributed by atoms with Gasteiger partial charge in [0.1, 0.15) is 0 Å². The molecule has 10 rings (SSSR count). The summed E-state index contributed by atoms with van der Waals surface area (Å²) in [7, 11) is 0. The van der Waals surface area contributed by atoms with Crippen LogP contribution >= 0.6 is 0 Å². The second-order valence-electron chi connectivity index (χ2n) is 14.3. The van der Waals surface area contributed by atoms with E-state index in [0.717, 1.165) is 66.8 Å². The Morgan fingerprint density at radius 1 is 0.167 bits per heavy atom. The van der Waals surface area contributed by atoms with Gasteiger partial charge in [0.05, 0.1) is 0 Å². The van der Waals surface area contributed by atoms with Crippen LogP contribution in [0.15, 0.2) is 218 Å². The van der Waals surface area contributed by atoms with Gasteiger partial charge in [0.15, 0.2) is 34.9 Å². The molecule has 0 N–H and O–H groups in total. The predicted octanol–water partition coefficient (Wildman–Crippen LogP) is 13.1. The van der Waals surface area contributed by atoms with Crippen LogP contribution in [-0.2, 0) is 0 Å². The smallest absolute Gasteiger partial charge is 0.164 e. The Hall–Kier alpha value is -8.22. The van der Waals surface area contributed by atoms with Gasteiger partial charge in [0, 0.05) is 33.4 Å². The molecule has 0 aliphatic carbocycles. The van der Waals surface area contributed by atoms with Gasteiger partial charge in [0.2, 0.25) is 0 Å². The molecule has 6 heteroatoms. The highest BCUT2D eigenvalue weighted by molar-refractivity contribution is 5.95. The fourth-order valence-corrected chi connectivity index (χ4v) is 7.42. The van der Waals surface area contributed by atoms with E-state index < -0.39 is 0 Å². The number of rotatable bonds is 9. The van der Waals surface area contributed by atoms with E-state index in [1.165, 1.54) is 0 Å². The molecule has 60 heavy (non-hydrogen) atoms. The zero-order valence-electron chi connectivity index (χ0n) is 32.5. The lowest BCUT2D eigenvalue weighted by molar-refractivity contribution is 1.07. The Labute approximate surface area is 348 Å². The highest BCUT2D eigenvalue weighted by Gasteiger charge is 2.18. The first-order valence-corrected chi connectivity index (χ1v) is 19.9. The maximum Gasteiger partial charge on any atom is 0.164 e. The third kappa shape index (κ3) is 7.49. The van der Waals surface area contributed by atoms with Crippen molar-refractivity contribution in [3.63, 3.8) is 0 Å². The fraction of sp³-hybridized carbons (Fsp3) is 0. The van der Waals surface area contributed by atoms with Crippen LogP contribution in [0.1, 0.15) is 0 Å². The van der Waals surface area contributed by atoms with Gasteiger partial charge < -0.3 is 0 Å². The van der Waals surface area contributed by atoms with Crippen LogP contribution in [0, 0.1) is 0 Å². The molecule has 0 saturated heterocycles. The number of nitrogens with zero attached hydrogens (tertiary/aromatic N) is 6. The molecule has 0 spiro atoms. The Balaban J connectivity index is 1.05. The van der Waals surface area contributed by atoms with Gasteiger partial charge in [-0.25, -0.2) is 29.9 Å². The molecular weight excluding hydrogens is 733 g/mol. The molecule has 2 aromatic heterocycles. The Morgan fingerprint density at radius 2 is 0.383 bits per heavy atom. The van der Waals surface area contributed by atoms with Crippen molar-refractivity contribution in [1.29, 1.82) is 0 Å². The van der Waals surface area contributed by atoms with E-state index in [-0.39, 0.29) is 0 Å². The van der Waals surface area contributed by atoms with Crippen molar-refractivity contribution < 1.29 is 0 Å². The van der Waals surface area contributed by atoms with Gasteiger partial charge in [-0.3, -0.25) is 0 Å². The van der Waals surface area contributed by atoms with Crippen molar-refractivity contribution in [2.45, 2.75) is 0 Å². The zero-order valence-corrected chi connectivity index (χ0v) is 32.5. The Morgan fingerprint density at radius 3 is 0.683 bits per heavy atom. The maximum absolute atomic E-state index is 4.97. The van der Waals surface area contributed by atoms with E-state index in [0.29, 0.717) is 34.9 Å². The summed E-state index contributed by atoms with van der Waals surface area (Å²) in [4.78, 5) is 29.6. The number of hydrogen-bond donors (Lipinski definition) is 0. The zero-order chi connectivity index (χ0) is 40.1. The molecule has 6 nitrogen and oxygen atoms in total.